The second kappa shape index (κ2) is 13.6. The molecule has 0 saturated heterocycles. The summed E-state index contributed by atoms with van der Waals surface area (Å²) in [6.45, 7) is 7.62. The number of para-hydroxylation sites is 1. The molecule has 0 aliphatic rings. The summed E-state index contributed by atoms with van der Waals surface area (Å²) < 4.78 is 28.7. The zero-order valence-corrected chi connectivity index (χ0v) is 24.4. The standard InChI is InChI=1S/C30H36ClN3O4S/c1-5-6-19-32-30(36)24(4)33(20-25-15-11-22(2)12-16-25)29(35)21-34(28-10-8-7-9-27(28)31)39(37,38)26-17-13-23(3)14-18-26/h7-18,24H,5-6,19-21H2,1-4H3,(H,32,36). The van der Waals surface area contributed by atoms with Crippen LogP contribution < -0.4 is 9.62 Å². The van der Waals surface area contributed by atoms with Gasteiger partial charge in [0.15, 0.2) is 0 Å². The lowest BCUT2D eigenvalue weighted by Crippen LogP contribution is -2.51. The molecule has 1 atom stereocenters. The normalized spacial score (nSPS) is 12.0. The van der Waals surface area contributed by atoms with E-state index in [1.54, 1.807) is 43.3 Å². The Hall–Kier alpha value is -3.36. The summed E-state index contributed by atoms with van der Waals surface area (Å²) in [5.41, 5.74) is 2.98. The van der Waals surface area contributed by atoms with Crippen LogP contribution in [0.3, 0.4) is 0 Å². The van der Waals surface area contributed by atoms with Crippen molar-refractivity contribution in [3.05, 3.63) is 94.5 Å². The first-order valence-electron chi connectivity index (χ1n) is 13.0. The van der Waals surface area contributed by atoms with E-state index in [0.717, 1.165) is 33.8 Å². The van der Waals surface area contributed by atoms with E-state index >= 15 is 0 Å². The maximum absolute atomic E-state index is 13.9. The van der Waals surface area contributed by atoms with Crippen LogP contribution in [0.5, 0.6) is 0 Å². The molecule has 0 aliphatic heterocycles. The number of anilines is 1. The number of sulfonamides is 1. The number of carbonyl (C=O) groups is 2. The predicted molar refractivity (Wildman–Crippen MR) is 156 cm³/mol. The highest BCUT2D eigenvalue weighted by Crippen LogP contribution is 2.31. The fourth-order valence-electron chi connectivity index (χ4n) is 4.01. The highest BCUT2D eigenvalue weighted by Gasteiger charge is 2.33. The molecule has 0 aromatic heterocycles. The van der Waals surface area contributed by atoms with E-state index < -0.39 is 28.5 Å². The molecule has 7 nitrogen and oxygen atoms in total. The number of amides is 2. The van der Waals surface area contributed by atoms with Crippen LogP contribution in [0.15, 0.2) is 77.7 Å². The average Bonchev–Trinajstić information content (AvgIpc) is 2.91. The van der Waals surface area contributed by atoms with Gasteiger partial charge >= 0.3 is 0 Å². The minimum Gasteiger partial charge on any atom is -0.354 e. The topological polar surface area (TPSA) is 86.8 Å². The molecule has 0 aliphatic carbocycles. The summed E-state index contributed by atoms with van der Waals surface area (Å²) >= 11 is 6.43. The molecule has 208 valence electrons. The van der Waals surface area contributed by atoms with Crippen molar-refractivity contribution in [2.24, 2.45) is 0 Å². The number of hydrogen-bond donors (Lipinski definition) is 1. The lowest BCUT2D eigenvalue weighted by Gasteiger charge is -2.32. The van der Waals surface area contributed by atoms with E-state index in [2.05, 4.69) is 5.32 Å². The first-order valence-corrected chi connectivity index (χ1v) is 14.8. The van der Waals surface area contributed by atoms with Crippen molar-refractivity contribution in [1.82, 2.24) is 10.2 Å². The first-order chi connectivity index (χ1) is 18.5. The fourth-order valence-corrected chi connectivity index (χ4v) is 5.73. The highest BCUT2D eigenvalue weighted by atomic mass is 35.5. The van der Waals surface area contributed by atoms with Crippen LogP contribution in [0, 0.1) is 13.8 Å². The molecule has 3 rings (SSSR count). The zero-order valence-electron chi connectivity index (χ0n) is 22.9. The number of benzene rings is 3. The molecular weight excluding hydrogens is 534 g/mol. The van der Waals surface area contributed by atoms with Gasteiger partial charge in [-0.15, -0.1) is 0 Å². The summed E-state index contributed by atoms with van der Waals surface area (Å²) in [6, 6.07) is 19.7. The van der Waals surface area contributed by atoms with Crippen molar-refractivity contribution in [2.45, 2.75) is 58.0 Å². The van der Waals surface area contributed by atoms with E-state index in [4.69, 9.17) is 11.6 Å². The second-order valence-electron chi connectivity index (χ2n) is 9.60. The number of carbonyl (C=O) groups excluding carboxylic acids is 2. The van der Waals surface area contributed by atoms with Crippen LogP contribution in [-0.2, 0) is 26.2 Å². The molecule has 0 heterocycles. The minimum absolute atomic E-state index is 0.0382. The Morgan fingerprint density at radius 2 is 1.51 bits per heavy atom. The van der Waals surface area contributed by atoms with Gasteiger partial charge in [-0.05, 0) is 57.0 Å². The monoisotopic (exact) mass is 569 g/mol. The van der Waals surface area contributed by atoms with Crippen molar-refractivity contribution in [1.29, 1.82) is 0 Å². The summed E-state index contributed by atoms with van der Waals surface area (Å²) in [5, 5.41) is 3.07. The van der Waals surface area contributed by atoms with Crippen LogP contribution in [0.1, 0.15) is 43.4 Å². The van der Waals surface area contributed by atoms with Crippen molar-refractivity contribution >= 4 is 39.1 Å². The Labute approximate surface area is 236 Å². The van der Waals surface area contributed by atoms with Crippen LogP contribution in [0.2, 0.25) is 5.02 Å². The van der Waals surface area contributed by atoms with Crippen LogP contribution in [0.25, 0.3) is 0 Å². The Morgan fingerprint density at radius 1 is 0.923 bits per heavy atom. The van der Waals surface area contributed by atoms with Gasteiger partial charge in [0, 0.05) is 13.1 Å². The summed E-state index contributed by atoms with van der Waals surface area (Å²) in [5.74, 6) is -0.820. The van der Waals surface area contributed by atoms with Gasteiger partial charge in [0.1, 0.15) is 12.6 Å². The Bertz CT molecular complexity index is 1380. The largest absolute Gasteiger partial charge is 0.354 e. The predicted octanol–water partition coefficient (Wildman–Crippen LogP) is 5.49. The molecule has 3 aromatic carbocycles. The van der Waals surface area contributed by atoms with Gasteiger partial charge in [0.25, 0.3) is 10.0 Å². The molecule has 9 heteroatoms. The molecule has 1 unspecified atom stereocenters. The lowest BCUT2D eigenvalue weighted by atomic mass is 10.1. The number of hydrogen-bond acceptors (Lipinski definition) is 4. The summed E-state index contributed by atoms with van der Waals surface area (Å²) in [4.78, 5) is 28.4. The van der Waals surface area contributed by atoms with Gasteiger partial charge in [0.2, 0.25) is 11.8 Å². The molecule has 0 fully saturated rings. The quantitative estimate of drug-likeness (QED) is 0.292. The summed E-state index contributed by atoms with van der Waals surface area (Å²) in [6.07, 6.45) is 1.74. The third kappa shape index (κ3) is 7.83. The van der Waals surface area contributed by atoms with Gasteiger partial charge in [-0.1, -0.05) is 84.6 Å². The van der Waals surface area contributed by atoms with Gasteiger partial charge in [-0.25, -0.2) is 8.42 Å². The maximum atomic E-state index is 13.9. The number of rotatable bonds is 12. The van der Waals surface area contributed by atoms with Gasteiger partial charge in [-0.3, -0.25) is 13.9 Å². The van der Waals surface area contributed by atoms with Crippen molar-refractivity contribution in [2.75, 3.05) is 17.4 Å². The number of halogens is 1. The molecule has 1 N–H and O–H groups in total. The number of nitrogens with zero attached hydrogens (tertiary/aromatic N) is 2. The molecule has 0 radical (unpaired) electrons. The van der Waals surface area contributed by atoms with Crippen LogP contribution >= 0.6 is 11.6 Å². The van der Waals surface area contributed by atoms with E-state index in [1.165, 1.54) is 17.0 Å². The lowest BCUT2D eigenvalue weighted by molar-refractivity contribution is -0.139. The van der Waals surface area contributed by atoms with Crippen LogP contribution in [-0.4, -0.2) is 44.3 Å². The Morgan fingerprint density at radius 3 is 2.10 bits per heavy atom. The molecule has 39 heavy (non-hydrogen) atoms. The van der Waals surface area contributed by atoms with E-state index in [0.29, 0.717) is 6.54 Å². The highest BCUT2D eigenvalue weighted by molar-refractivity contribution is 7.92. The molecule has 0 spiro atoms. The average molecular weight is 570 g/mol. The van der Waals surface area contributed by atoms with Gasteiger partial charge < -0.3 is 10.2 Å². The smallest absolute Gasteiger partial charge is 0.264 e. The zero-order chi connectivity index (χ0) is 28.6. The van der Waals surface area contributed by atoms with Crippen LogP contribution in [0.4, 0.5) is 5.69 Å². The summed E-state index contributed by atoms with van der Waals surface area (Å²) in [7, 11) is -4.16. The van der Waals surface area contributed by atoms with Crippen molar-refractivity contribution < 1.29 is 18.0 Å². The maximum Gasteiger partial charge on any atom is 0.264 e. The molecule has 3 aromatic rings. The second-order valence-corrected chi connectivity index (χ2v) is 11.9. The first kappa shape index (κ1) is 30.2. The Balaban J connectivity index is 2.00. The number of nitrogens with one attached hydrogen (secondary N) is 1. The van der Waals surface area contributed by atoms with E-state index in [9.17, 15) is 18.0 Å². The number of aryl methyl sites for hydroxylation is 2. The molecule has 0 saturated carbocycles. The molecular formula is C30H36ClN3O4S. The third-order valence-electron chi connectivity index (χ3n) is 6.48. The molecule has 0 bridgehead atoms. The van der Waals surface area contributed by atoms with Gasteiger partial charge in [-0.2, -0.15) is 0 Å². The van der Waals surface area contributed by atoms with Gasteiger partial charge in [0.05, 0.1) is 15.6 Å². The fraction of sp³-hybridized carbons (Fsp3) is 0.333. The SMILES string of the molecule is CCCCNC(=O)C(C)N(Cc1ccc(C)cc1)C(=O)CN(c1ccccc1Cl)S(=O)(=O)c1ccc(C)cc1. The minimum atomic E-state index is -4.16. The third-order valence-corrected chi connectivity index (χ3v) is 8.57. The number of unbranched alkanes of at least 4 members (excludes halogenated alkanes) is 1. The van der Waals surface area contributed by atoms with E-state index in [-0.39, 0.29) is 28.1 Å². The van der Waals surface area contributed by atoms with Crippen molar-refractivity contribution in [3.63, 3.8) is 0 Å². The van der Waals surface area contributed by atoms with E-state index in [1.807, 2.05) is 45.0 Å². The van der Waals surface area contributed by atoms with Crippen molar-refractivity contribution in [3.8, 4) is 0 Å². The molecule has 2 amide bonds. The Kier molecular flexibility index (Phi) is 10.5.